The van der Waals surface area contributed by atoms with Gasteiger partial charge in [-0.15, -0.1) is 0 Å². The number of carbonyl (C=O) groups is 1. The number of carbonyl (C=O) groups excluding carboxylic acids is 1. The van der Waals surface area contributed by atoms with Crippen molar-refractivity contribution in [3.05, 3.63) is 59.1 Å². The van der Waals surface area contributed by atoms with E-state index in [1.807, 2.05) is 30.3 Å². The van der Waals surface area contributed by atoms with Crippen LogP contribution in [0, 0.1) is 0 Å². The van der Waals surface area contributed by atoms with Crippen molar-refractivity contribution >= 4 is 33.2 Å². The van der Waals surface area contributed by atoms with Gasteiger partial charge >= 0.3 is 6.18 Å². The van der Waals surface area contributed by atoms with E-state index in [1.165, 1.54) is 11.8 Å². The van der Waals surface area contributed by atoms with Gasteiger partial charge in [0.15, 0.2) is 0 Å². The molecule has 0 radical (unpaired) electrons. The first-order valence-electron chi connectivity index (χ1n) is 9.47. The Morgan fingerprint density at radius 2 is 1.68 bits per heavy atom. The lowest BCUT2D eigenvalue weighted by Gasteiger charge is -2.37. The van der Waals surface area contributed by atoms with Crippen LogP contribution < -0.4 is 9.62 Å². The van der Waals surface area contributed by atoms with Crippen LogP contribution in [0.15, 0.2) is 53.4 Å². The van der Waals surface area contributed by atoms with E-state index in [1.54, 1.807) is 0 Å². The number of benzene rings is 2. The maximum Gasteiger partial charge on any atom is 0.417 e. The van der Waals surface area contributed by atoms with Gasteiger partial charge in [0.25, 0.3) is 0 Å². The molecule has 0 aromatic heterocycles. The first-order chi connectivity index (χ1) is 14.5. The van der Waals surface area contributed by atoms with E-state index in [2.05, 4.69) is 9.62 Å². The molecule has 0 saturated carbocycles. The number of para-hydroxylation sites is 1. The second kappa shape index (κ2) is 9.05. The Hall–Kier alpha value is -2.30. The van der Waals surface area contributed by atoms with Crippen LogP contribution in [0.4, 0.5) is 18.9 Å². The zero-order chi connectivity index (χ0) is 22.8. The molecule has 6 nitrogen and oxygen atoms in total. The largest absolute Gasteiger partial charge is 0.417 e. The minimum atomic E-state index is -4.80. The highest BCUT2D eigenvalue weighted by molar-refractivity contribution is 7.89. The smallest absolute Gasteiger partial charge is 0.368 e. The number of hydrogen-bond donors (Lipinski definition) is 1. The van der Waals surface area contributed by atoms with Gasteiger partial charge < -0.3 is 9.80 Å². The Kier molecular flexibility index (Phi) is 6.82. The van der Waals surface area contributed by atoms with Gasteiger partial charge in [0, 0.05) is 31.9 Å². The number of nitrogens with zero attached hydrogens (tertiary/aromatic N) is 2. The van der Waals surface area contributed by atoms with Crippen molar-refractivity contribution in [3.8, 4) is 0 Å². The van der Waals surface area contributed by atoms with Crippen LogP contribution in [-0.2, 0) is 21.0 Å². The van der Waals surface area contributed by atoms with E-state index < -0.39 is 43.6 Å². The lowest BCUT2D eigenvalue weighted by atomic mass is 10.2. The molecule has 1 unspecified atom stereocenters. The Labute approximate surface area is 183 Å². The van der Waals surface area contributed by atoms with Gasteiger partial charge in [-0.25, -0.2) is 8.42 Å². The lowest BCUT2D eigenvalue weighted by molar-refractivity contribution is -0.137. The molecule has 0 aliphatic carbocycles. The monoisotopic (exact) mass is 475 g/mol. The van der Waals surface area contributed by atoms with E-state index >= 15 is 0 Å². The zero-order valence-electron chi connectivity index (χ0n) is 16.6. The van der Waals surface area contributed by atoms with Gasteiger partial charge in [0.1, 0.15) is 0 Å². The summed E-state index contributed by atoms with van der Waals surface area (Å²) in [6.07, 6.45) is -4.80. The van der Waals surface area contributed by atoms with Crippen molar-refractivity contribution in [2.45, 2.75) is 24.0 Å². The minimum Gasteiger partial charge on any atom is -0.368 e. The lowest BCUT2D eigenvalue weighted by Crippen LogP contribution is -2.54. The van der Waals surface area contributed by atoms with E-state index in [0.29, 0.717) is 32.2 Å². The summed E-state index contributed by atoms with van der Waals surface area (Å²) in [5.74, 6) is -0.443. The summed E-state index contributed by atoms with van der Waals surface area (Å²) in [7, 11) is -4.36. The number of piperazine rings is 1. The van der Waals surface area contributed by atoms with Crippen LogP contribution in [-0.4, -0.2) is 51.4 Å². The molecule has 0 spiro atoms. The standard InChI is InChI=1S/C20H21ClF3N3O3S/c1-14(19(28)27-11-9-26(10-12-27)15-5-3-2-4-6-15)25-31(29,30)16-7-8-18(21)17(13-16)20(22,23)24/h2-8,13-14,25H,9-12H2,1H3. The first-order valence-corrected chi connectivity index (χ1v) is 11.3. The maximum atomic E-state index is 13.0. The quantitative estimate of drug-likeness (QED) is 0.720. The highest BCUT2D eigenvalue weighted by atomic mass is 35.5. The van der Waals surface area contributed by atoms with Gasteiger partial charge in [0.2, 0.25) is 15.9 Å². The summed E-state index contributed by atoms with van der Waals surface area (Å²) in [5, 5.41) is -0.605. The summed E-state index contributed by atoms with van der Waals surface area (Å²) in [4.78, 5) is 15.8. The molecule has 2 aromatic carbocycles. The van der Waals surface area contributed by atoms with Crippen LogP contribution in [0.1, 0.15) is 12.5 Å². The molecule has 31 heavy (non-hydrogen) atoms. The number of halogens is 4. The van der Waals surface area contributed by atoms with Crippen LogP contribution in [0.5, 0.6) is 0 Å². The average molecular weight is 476 g/mol. The number of nitrogens with one attached hydrogen (secondary N) is 1. The summed E-state index contributed by atoms with van der Waals surface area (Å²) in [5.41, 5.74) is -0.223. The topological polar surface area (TPSA) is 69.7 Å². The predicted molar refractivity (Wildman–Crippen MR) is 111 cm³/mol. The molecule has 1 atom stereocenters. The highest BCUT2D eigenvalue weighted by Gasteiger charge is 2.35. The normalized spacial score (nSPS) is 16.3. The zero-order valence-corrected chi connectivity index (χ0v) is 18.1. The molecule has 168 valence electrons. The van der Waals surface area contributed by atoms with Crippen molar-refractivity contribution in [2.75, 3.05) is 31.1 Å². The molecule has 11 heteroatoms. The third kappa shape index (κ3) is 5.50. The Morgan fingerprint density at radius 3 is 2.26 bits per heavy atom. The fraction of sp³-hybridized carbons (Fsp3) is 0.350. The summed E-state index contributed by atoms with van der Waals surface area (Å²) < 4.78 is 66.4. The molecular weight excluding hydrogens is 455 g/mol. The van der Waals surface area contributed by atoms with Crippen LogP contribution in [0.2, 0.25) is 5.02 Å². The van der Waals surface area contributed by atoms with Gasteiger partial charge in [-0.2, -0.15) is 17.9 Å². The first kappa shape index (κ1) is 23.4. The number of hydrogen-bond acceptors (Lipinski definition) is 4. The van der Waals surface area contributed by atoms with Crippen molar-refractivity contribution in [1.29, 1.82) is 0 Å². The summed E-state index contributed by atoms with van der Waals surface area (Å²) in [6.45, 7) is 3.34. The fourth-order valence-corrected chi connectivity index (χ4v) is 4.78. The third-order valence-corrected chi connectivity index (χ3v) is 6.84. The molecule has 1 amide bonds. The molecule has 3 rings (SSSR count). The van der Waals surface area contributed by atoms with Crippen molar-refractivity contribution in [1.82, 2.24) is 9.62 Å². The van der Waals surface area contributed by atoms with Gasteiger partial charge in [-0.05, 0) is 37.3 Å². The van der Waals surface area contributed by atoms with Gasteiger partial charge in [-0.3, -0.25) is 4.79 Å². The van der Waals surface area contributed by atoms with Crippen molar-refractivity contribution in [2.24, 2.45) is 0 Å². The highest BCUT2D eigenvalue weighted by Crippen LogP contribution is 2.35. The molecule has 1 aliphatic heterocycles. The van der Waals surface area contributed by atoms with Crippen molar-refractivity contribution in [3.63, 3.8) is 0 Å². The minimum absolute atomic E-state index is 0.402. The van der Waals surface area contributed by atoms with Gasteiger partial charge in [0.05, 0.1) is 21.5 Å². The Morgan fingerprint density at radius 1 is 1.06 bits per heavy atom. The number of rotatable bonds is 5. The summed E-state index contributed by atoms with van der Waals surface area (Å²) >= 11 is 5.54. The molecule has 1 heterocycles. The molecular formula is C20H21ClF3N3O3S. The van der Waals surface area contributed by atoms with Crippen molar-refractivity contribution < 1.29 is 26.4 Å². The second-order valence-electron chi connectivity index (χ2n) is 7.13. The number of alkyl halides is 3. The second-order valence-corrected chi connectivity index (χ2v) is 9.25. The maximum absolute atomic E-state index is 13.0. The van der Waals surface area contributed by atoms with E-state index in [0.717, 1.165) is 17.8 Å². The number of amides is 1. The molecule has 1 fully saturated rings. The van der Waals surface area contributed by atoms with E-state index in [4.69, 9.17) is 11.6 Å². The Bertz CT molecular complexity index is 1040. The van der Waals surface area contributed by atoms with Crippen LogP contribution in [0.25, 0.3) is 0 Å². The Balaban J connectivity index is 1.66. The summed E-state index contributed by atoms with van der Waals surface area (Å²) in [6, 6.07) is 10.8. The molecule has 0 bridgehead atoms. The molecule has 1 saturated heterocycles. The van der Waals surface area contributed by atoms with Crippen LogP contribution in [0.3, 0.4) is 0 Å². The molecule has 1 aliphatic rings. The fourth-order valence-electron chi connectivity index (χ4n) is 3.34. The SMILES string of the molecule is CC(NS(=O)(=O)c1ccc(Cl)c(C(F)(F)F)c1)C(=O)N1CCN(c2ccccc2)CC1. The predicted octanol–water partition coefficient (Wildman–Crippen LogP) is 3.37. The third-order valence-electron chi connectivity index (χ3n) is 4.97. The molecule has 2 aromatic rings. The van der Waals surface area contributed by atoms with Gasteiger partial charge in [-0.1, -0.05) is 29.8 Å². The van der Waals surface area contributed by atoms with Crippen LogP contribution >= 0.6 is 11.6 Å². The number of anilines is 1. The van der Waals surface area contributed by atoms with E-state index in [9.17, 15) is 26.4 Å². The van der Waals surface area contributed by atoms with E-state index in [-0.39, 0.29) is 0 Å². The average Bonchev–Trinajstić information content (AvgIpc) is 2.73. The number of sulfonamides is 1. The molecule has 1 N–H and O–H groups in total.